The molecule has 0 amide bonds. The molecule has 1 atom stereocenters. The molecule has 22 heavy (non-hydrogen) atoms. The molecular formula is C17H22ClNO3. The van der Waals surface area contributed by atoms with Crippen LogP contribution in [-0.2, 0) is 6.61 Å². The fourth-order valence-corrected chi connectivity index (χ4v) is 2.08. The van der Waals surface area contributed by atoms with Gasteiger partial charge in [-0.15, -0.1) is 12.4 Å². The van der Waals surface area contributed by atoms with Crippen molar-refractivity contribution < 1.29 is 14.6 Å². The van der Waals surface area contributed by atoms with Gasteiger partial charge in [0.1, 0.15) is 6.61 Å². The molecule has 3 N–H and O–H groups in total. The Balaban J connectivity index is 0.00000242. The van der Waals surface area contributed by atoms with Gasteiger partial charge < -0.3 is 20.3 Å². The van der Waals surface area contributed by atoms with E-state index in [2.05, 4.69) is 0 Å². The molecule has 120 valence electrons. The number of aliphatic hydroxyl groups is 1. The molecule has 0 saturated carbocycles. The van der Waals surface area contributed by atoms with Gasteiger partial charge in [0.25, 0.3) is 0 Å². The zero-order chi connectivity index (χ0) is 15.1. The lowest BCUT2D eigenvalue weighted by atomic mass is 10.0. The fourth-order valence-electron chi connectivity index (χ4n) is 2.08. The normalized spacial score (nSPS) is 11.4. The standard InChI is InChI=1S/C17H21NO3.ClH/c1-20-17-11-14(15(18)9-10-19)7-8-16(17)21-12-13-5-3-2-4-6-13;/h2-8,11,15,19H,9-10,12,18H2,1H3;1H/t15-;/m0./s1. The lowest BCUT2D eigenvalue weighted by molar-refractivity contribution is 0.275. The van der Waals surface area contributed by atoms with Gasteiger partial charge in [-0.3, -0.25) is 0 Å². The first-order chi connectivity index (χ1) is 10.2. The molecule has 0 bridgehead atoms. The number of hydrogen-bond acceptors (Lipinski definition) is 4. The number of ether oxygens (including phenoxy) is 2. The van der Waals surface area contributed by atoms with Crippen LogP contribution >= 0.6 is 12.4 Å². The van der Waals surface area contributed by atoms with Gasteiger partial charge in [0.2, 0.25) is 0 Å². The van der Waals surface area contributed by atoms with Crippen molar-refractivity contribution >= 4 is 12.4 Å². The van der Waals surface area contributed by atoms with Crippen LogP contribution in [0.25, 0.3) is 0 Å². The molecule has 0 radical (unpaired) electrons. The number of methoxy groups -OCH3 is 1. The Labute approximate surface area is 137 Å². The third-order valence-corrected chi connectivity index (χ3v) is 3.29. The largest absolute Gasteiger partial charge is 0.493 e. The highest BCUT2D eigenvalue weighted by Gasteiger charge is 2.11. The van der Waals surface area contributed by atoms with E-state index in [9.17, 15) is 0 Å². The van der Waals surface area contributed by atoms with E-state index in [4.69, 9.17) is 20.3 Å². The Bertz CT molecular complexity index is 563. The predicted octanol–water partition coefficient (Wildman–Crippen LogP) is 3.08. The molecule has 2 aromatic carbocycles. The highest BCUT2D eigenvalue weighted by molar-refractivity contribution is 5.85. The Morgan fingerprint density at radius 3 is 2.45 bits per heavy atom. The average Bonchev–Trinajstić information content (AvgIpc) is 2.54. The Hall–Kier alpha value is -1.75. The average molecular weight is 324 g/mol. The van der Waals surface area contributed by atoms with Crippen LogP contribution in [0.2, 0.25) is 0 Å². The monoisotopic (exact) mass is 323 g/mol. The van der Waals surface area contributed by atoms with Crippen molar-refractivity contribution in [1.29, 1.82) is 0 Å². The van der Waals surface area contributed by atoms with Crippen LogP contribution in [0.4, 0.5) is 0 Å². The molecule has 0 aromatic heterocycles. The third kappa shape index (κ3) is 4.91. The van der Waals surface area contributed by atoms with Crippen molar-refractivity contribution in [2.75, 3.05) is 13.7 Å². The third-order valence-electron chi connectivity index (χ3n) is 3.29. The molecule has 0 spiro atoms. The number of benzene rings is 2. The Morgan fingerprint density at radius 1 is 1.09 bits per heavy atom. The summed E-state index contributed by atoms with van der Waals surface area (Å²) in [5, 5.41) is 8.95. The minimum Gasteiger partial charge on any atom is -0.493 e. The van der Waals surface area contributed by atoms with E-state index >= 15 is 0 Å². The molecule has 5 heteroatoms. The summed E-state index contributed by atoms with van der Waals surface area (Å²) in [6.07, 6.45) is 0.521. The second-order valence-electron chi connectivity index (χ2n) is 4.80. The number of nitrogens with two attached hydrogens (primary N) is 1. The van der Waals surface area contributed by atoms with E-state index in [0.29, 0.717) is 24.5 Å². The van der Waals surface area contributed by atoms with E-state index in [1.807, 2.05) is 48.5 Å². The minimum atomic E-state index is -0.202. The number of rotatable bonds is 7. The number of hydrogen-bond donors (Lipinski definition) is 2. The van der Waals surface area contributed by atoms with Crippen molar-refractivity contribution in [3.63, 3.8) is 0 Å². The van der Waals surface area contributed by atoms with Crippen molar-refractivity contribution in [3.8, 4) is 11.5 Å². The summed E-state index contributed by atoms with van der Waals surface area (Å²) >= 11 is 0. The minimum absolute atomic E-state index is 0. The molecule has 0 unspecified atom stereocenters. The maximum absolute atomic E-state index is 8.95. The van der Waals surface area contributed by atoms with Gasteiger partial charge in [-0.05, 0) is 29.7 Å². The Kier molecular flexibility index (Phi) is 7.74. The van der Waals surface area contributed by atoms with E-state index in [1.165, 1.54) is 0 Å². The predicted molar refractivity (Wildman–Crippen MR) is 89.6 cm³/mol. The van der Waals surface area contributed by atoms with E-state index in [0.717, 1.165) is 11.1 Å². The van der Waals surface area contributed by atoms with Crippen molar-refractivity contribution in [3.05, 3.63) is 59.7 Å². The molecule has 0 aliphatic heterocycles. The lowest BCUT2D eigenvalue weighted by Crippen LogP contribution is -2.12. The van der Waals surface area contributed by atoms with E-state index in [-0.39, 0.29) is 25.1 Å². The maximum atomic E-state index is 8.95. The fraction of sp³-hybridized carbons (Fsp3) is 0.294. The quantitative estimate of drug-likeness (QED) is 0.822. The first-order valence-corrected chi connectivity index (χ1v) is 6.95. The van der Waals surface area contributed by atoms with E-state index in [1.54, 1.807) is 7.11 Å². The zero-order valence-corrected chi connectivity index (χ0v) is 13.4. The van der Waals surface area contributed by atoms with Gasteiger partial charge in [-0.1, -0.05) is 36.4 Å². The smallest absolute Gasteiger partial charge is 0.161 e. The van der Waals surface area contributed by atoms with Crippen LogP contribution in [0.1, 0.15) is 23.6 Å². The molecular weight excluding hydrogens is 302 g/mol. The first kappa shape index (κ1) is 18.3. The number of aliphatic hydroxyl groups excluding tert-OH is 1. The Morgan fingerprint density at radius 2 is 1.82 bits per heavy atom. The zero-order valence-electron chi connectivity index (χ0n) is 12.6. The molecule has 4 nitrogen and oxygen atoms in total. The first-order valence-electron chi connectivity index (χ1n) is 6.95. The molecule has 0 heterocycles. The molecule has 0 aliphatic rings. The van der Waals surface area contributed by atoms with Crippen molar-refractivity contribution in [1.82, 2.24) is 0 Å². The van der Waals surface area contributed by atoms with Crippen LogP contribution in [0.3, 0.4) is 0 Å². The molecule has 0 saturated heterocycles. The van der Waals surface area contributed by atoms with Crippen molar-refractivity contribution in [2.24, 2.45) is 5.73 Å². The summed E-state index contributed by atoms with van der Waals surface area (Å²) in [6, 6.07) is 15.4. The van der Waals surface area contributed by atoms with Crippen LogP contribution in [-0.4, -0.2) is 18.8 Å². The molecule has 2 rings (SSSR count). The highest BCUT2D eigenvalue weighted by Crippen LogP contribution is 2.31. The second-order valence-corrected chi connectivity index (χ2v) is 4.80. The second kappa shape index (κ2) is 9.30. The van der Waals surface area contributed by atoms with Gasteiger partial charge in [-0.2, -0.15) is 0 Å². The highest BCUT2D eigenvalue weighted by atomic mass is 35.5. The molecule has 2 aromatic rings. The van der Waals surface area contributed by atoms with Crippen LogP contribution in [0.5, 0.6) is 11.5 Å². The van der Waals surface area contributed by atoms with Crippen LogP contribution in [0.15, 0.2) is 48.5 Å². The van der Waals surface area contributed by atoms with Gasteiger partial charge in [0.05, 0.1) is 7.11 Å². The summed E-state index contributed by atoms with van der Waals surface area (Å²) in [6.45, 7) is 0.551. The number of halogens is 1. The summed E-state index contributed by atoms with van der Waals surface area (Å²) in [5.74, 6) is 1.33. The van der Waals surface area contributed by atoms with Gasteiger partial charge >= 0.3 is 0 Å². The summed E-state index contributed by atoms with van der Waals surface area (Å²) < 4.78 is 11.2. The van der Waals surface area contributed by atoms with Gasteiger partial charge in [-0.25, -0.2) is 0 Å². The summed E-state index contributed by atoms with van der Waals surface area (Å²) in [5.41, 5.74) is 8.01. The van der Waals surface area contributed by atoms with E-state index < -0.39 is 0 Å². The summed E-state index contributed by atoms with van der Waals surface area (Å²) in [7, 11) is 1.60. The van der Waals surface area contributed by atoms with Gasteiger partial charge in [0.15, 0.2) is 11.5 Å². The topological polar surface area (TPSA) is 64.7 Å². The molecule has 0 aliphatic carbocycles. The maximum Gasteiger partial charge on any atom is 0.161 e. The lowest BCUT2D eigenvalue weighted by Gasteiger charge is -2.15. The van der Waals surface area contributed by atoms with Crippen LogP contribution < -0.4 is 15.2 Å². The van der Waals surface area contributed by atoms with Crippen molar-refractivity contribution in [2.45, 2.75) is 19.1 Å². The van der Waals surface area contributed by atoms with Gasteiger partial charge in [0, 0.05) is 12.6 Å². The molecule has 0 fully saturated rings. The van der Waals surface area contributed by atoms with Crippen LogP contribution in [0, 0.1) is 0 Å². The SMILES string of the molecule is COc1cc([C@@H](N)CCO)ccc1OCc1ccccc1.Cl. The summed E-state index contributed by atoms with van der Waals surface area (Å²) in [4.78, 5) is 0.